The van der Waals surface area contributed by atoms with Crippen LogP contribution < -0.4 is 4.74 Å². The maximum absolute atomic E-state index is 11.1. The van der Waals surface area contributed by atoms with Gasteiger partial charge in [-0.3, -0.25) is 0 Å². The second-order valence-electron chi connectivity index (χ2n) is 4.92. The van der Waals surface area contributed by atoms with Crippen molar-refractivity contribution < 1.29 is 9.84 Å². The third kappa shape index (κ3) is 1.75. The highest BCUT2D eigenvalue weighted by molar-refractivity contribution is 5.46. The van der Waals surface area contributed by atoms with Crippen LogP contribution in [0, 0.1) is 0 Å². The fraction of sp³-hybridized carbons (Fsp3) is 0.400. The highest BCUT2D eigenvalue weighted by atomic mass is 16.5. The number of benzene rings is 1. The summed E-state index contributed by atoms with van der Waals surface area (Å²) in [7, 11) is 1.64. The number of ether oxygens (including phenoxy) is 1. The van der Waals surface area contributed by atoms with E-state index in [1.165, 1.54) is 5.56 Å². The molecule has 0 radical (unpaired) electrons. The summed E-state index contributed by atoms with van der Waals surface area (Å²) in [6.07, 6.45) is 5.19. The Morgan fingerprint density at radius 3 is 3.05 bits per heavy atom. The summed E-state index contributed by atoms with van der Waals surface area (Å²) >= 11 is 0. The summed E-state index contributed by atoms with van der Waals surface area (Å²) in [6.45, 7) is 2.85. The minimum atomic E-state index is -0.997. The number of aliphatic hydroxyl groups is 1. The molecule has 2 aromatic rings. The summed E-state index contributed by atoms with van der Waals surface area (Å²) in [5, 5.41) is 11.1. The Labute approximate surface area is 112 Å². The van der Waals surface area contributed by atoms with Gasteiger partial charge >= 0.3 is 0 Å². The van der Waals surface area contributed by atoms with E-state index in [2.05, 4.69) is 11.9 Å². The number of aromatic nitrogens is 2. The Morgan fingerprint density at radius 1 is 1.47 bits per heavy atom. The Morgan fingerprint density at radius 2 is 2.32 bits per heavy atom. The van der Waals surface area contributed by atoms with Gasteiger partial charge in [0.2, 0.25) is 0 Å². The molecule has 0 saturated heterocycles. The molecule has 1 atom stereocenters. The van der Waals surface area contributed by atoms with Gasteiger partial charge in [-0.2, -0.15) is 0 Å². The van der Waals surface area contributed by atoms with Crippen molar-refractivity contribution >= 4 is 0 Å². The summed E-state index contributed by atoms with van der Waals surface area (Å²) in [5.41, 5.74) is 1.10. The third-order valence-corrected chi connectivity index (χ3v) is 3.94. The van der Waals surface area contributed by atoms with Gasteiger partial charge in [0, 0.05) is 18.9 Å². The number of fused-ring (bicyclic) bond motifs is 1. The first kappa shape index (κ1) is 12.2. The second-order valence-corrected chi connectivity index (χ2v) is 4.92. The van der Waals surface area contributed by atoms with Gasteiger partial charge in [-0.25, -0.2) is 4.98 Å². The molecular weight excluding hydrogens is 240 g/mol. The van der Waals surface area contributed by atoms with Crippen molar-refractivity contribution in [3.05, 3.63) is 47.5 Å². The van der Waals surface area contributed by atoms with E-state index in [4.69, 9.17) is 4.74 Å². The predicted molar refractivity (Wildman–Crippen MR) is 72.2 cm³/mol. The Hall–Kier alpha value is -1.81. The number of methoxy groups -OCH3 is 1. The lowest BCUT2D eigenvalue weighted by Gasteiger charge is -2.24. The maximum Gasteiger partial charge on any atom is 0.148 e. The number of nitrogens with zero attached hydrogens (tertiary/aromatic N) is 2. The first-order chi connectivity index (χ1) is 9.19. The van der Waals surface area contributed by atoms with E-state index in [0.29, 0.717) is 6.42 Å². The lowest BCUT2D eigenvalue weighted by atomic mass is 9.94. The second kappa shape index (κ2) is 4.38. The van der Waals surface area contributed by atoms with Gasteiger partial charge in [0.25, 0.3) is 0 Å². The largest absolute Gasteiger partial charge is 0.497 e. The van der Waals surface area contributed by atoms with Crippen LogP contribution in [-0.2, 0) is 18.6 Å². The molecule has 0 amide bonds. The Balaban J connectivity index is 2.14. The van der Waals surface area contributed by atoms with Gasteiger partial charge in [-0.15, -0.1) is 0 Å². The lowest BCUT2D eigenvalue weighted by molar-refractivity contribution is 0.0692. The molecule has 1 heterocycles. The van der Waals surface area contributed by atoms with Crippen molar-refractivity contribution in [2.75, 3.05) is 7.11 Å². The molecule has 1 aromatic heterocycles. The van der Waals surface area contributed by atoms with Crippen molar-refractivity contribution in [1.82, 2.24) is 9.55 Å². The van der Waals surface area contributed by atoms with Crippen LogP contribution in [0.25, 0.3) is 0 Å². The topological polar surface area (TPSA) is 47.3 Å². The van der Waals surface area contributed by atoms with Crippen molar-refractivity contribution in [1.29, 1.82) is 0 Å². The van der Waals surface area contributed by atoms with E-state index >= 15 is 0 Å². The molecule has 0 spiro atoms. The molecular formula is C15H18N2O2. The van der Waals surface area contributed by atoms with Crippen LogP contribution in [0.4, 0.5) is 0 Å². The van der Waals surface area contributed by atoms with Crippen LogP contribution in [0.1, 0.15) is 30.3 Å². The lowest BCUT2D eigenvalue weighted by Crippen LogP contribution is -2.28. The zero-order chi connectivity index (χ0) is 13.5. The first-order valence-electron chi connectivity index (χ1n) is 6.60. The van der Waals surface area contributed by atoms with Crippen molar-refractivity contribution in [3.8, 4) is 5.75 Å². The molecule has 1 aliphatic rings. The monoisotopic (exact) mass is 258 g/mol. The van der Waals surface area contributed by atoms with Crippen LogP contribution in [0.2, 0.25) is 0 Å². The van der Waals surface area contributed by atoms with Crippen LogP contribution in [0.15, 0.2) is 30.6 Å². The fourth-order valence-electron chi connectivity index (χ4n) is 2.90. The van der Waals surface area contributed by atoms with Gasteiger partial charge in [0.15, 0.2) is 0 Å². The van der Waals surface area contributed by atoms with Gasteiger partial charge in [0.05, 0.1) is 7.11 Å². The number of hydrogen-bond donors (Lipinski definition) is 1. The first-order valence-corrected chi connectivity index (χ1v) is 6.60. The van der Waals surface area contributed by atoms with Crippen molar-refractivity contribution in [3.63, 3.8) is 0 Å². The third-order valence-electron chi connectivity index (χ3n) is 3.94. The predicted octanol–water partition coefficient (Wildman–Crippen LogP) is 2.09. The zero-order valence-electron chi connectivity index (χ0n) is 11.3. The van der Waals surface area contributed by atoms with E-state index in [1.54, 1.807) is 13.3 Å². The molecule has 4 nitrogen and oxygen atoms in total. The number of aryl methyl sites for hydroxylation is 2. The average Bonchev–Trinajstić information content (AvgIpc) is 3.04. The molecule has 0 aliphatic heterocycles. The van der Waals surface area contributed by atoms with Crippen LogP contribution >= 0.6 is 0 Å². The van der Waals surface area contributed by atoms with Gasteiger partial charge < -0.3 is 14.4 Å². The SMILES string of the molecule is CCn1ccnc1C1(O)CCc2ccc(OC)cc21. The molecule has 0 saturated carbocycles. The van der Waals surface area contributed by atoms with E-state index in [-0.39, 0.29) is 0 Å². The van der Waals surface area contributed by atoms with Gasteiger partial charge in [0.1, 0.15) is 17.2 Å². The van der Waals surface area contributed by atoms with Crippen LogP contribution in [0.3, 0.4) is 0 Å². The highest BCUT2D eigenvalue weighted by Crippen LogP contribution is 2.42. The fourth-order valence-corrected chi connectivity index (χ4v) is 2.90. The molecule has 3 rings (SSSR count). The van der Waals surface area contributed by atoms with Gasteiger partial charge in [-0.1, -0.05) is 6.07 Å². The van der Waals surface area contributed by atoms with E-state index in [9.17, 15) is 5.11 Å². The molecule has 100 valence electrons. The highest BCUT2D eigenvalue weighted by Gasteiger charge is 2.41. The molecule has 19 heavy (non-hydrogen) atoms. The van der Waals surface area contributed by atoms with E-state index in [0.717, 1.165) is 30.1 Å². The normalized spacial score (nSPS) is 21.4. The molecule has 4 heteroatoms. The summed E-state index contributed by atoms with van der Waals surface area (Å²) in [5.74, 6) is 1.50. The minimum absolute atomic E-state index is 0.673. The smallest absolute Gasteiger partial charge is 0.148 e. The number of hydrogen-bond acceptors (Lipinski definition) is 3. The maximum atomic E-state index is 11.1. The molecule has 1 aromatic carbocycles. The minimum Gasteiger partial charge on any atom is -0.497 e. The molecule has 0 fully saturated rings. The zero-order valence-corrected chi connectivity index (χ0v) is 11.3. The average molecular weight is 258 g/mol. The van der Waals surface area contributed by atoms with Crippen molar-refractivity contribution in [2.45, 2.75) is 31.9 Å². The Kier molecular flexibility index (Phi) is 2.82. The van der Waals surface area contributed by atoms with Crippen LogP contribution in [0.5, 0.6) is 5.75 Å². The van der Waals surface area contributed by atoms with Crippen LogP contribution in [-0.4, -0.2) is 21.8 Å². The number of imidazole rings is 1. The molecule has 1 aliphatic carbocycles. The Bertz CT molecular complexity index is 606. The van der Waals surface area contributed by atoms with E-state index < -0.39 is 5.60 Å². The standard InChI is InChI=1S/C15H18N2O2/c1-3-17-9-8-16-14(17)15(18)7-6-11-4-5-12(19-2)10-13(11)15/h4-5,8-10,18H,3,6-7H2,1-2H3. The quantitative estimate of drug-likeness (QED) is 0.917. The molecule has 1 unspecified atom stereocenters. The summed E-state index contributed by atoms with van der Waals surface area (Å²) in [4.78, 5) is 4.37. The summed E-state index contributed by atoms with van der Waals surface area (Å²) < 4.78 is 7.26. The van der Waals surface area contributed by atoms with Crippen molar-refractivity contribution in [2.24, 2.45) is 0 Å². The van der Waals surface area contributed by atoms with E-state index in [1.807, 2.05) is 29.0 Å². The number of rotatable bonds is 3. The molecule has 0 bridgehead atoms. The summed E-state index contributed by atoms with van der Waals surface area (Å²) in [6, 6.07) is 5.90. The molecule has 1 N–H and O–H groups in total. The van der Waals surface area contributed by atoms with Gasteiger partial charge in [-0.05, 0) is 43.0 Å².